The number of benzene rings is 2. The highest BCUT2D eigenvalue weighted by Gasteiger charge is 2.23. The molecule has 0 atom stereocenters. The molecule has 0 amide bonds. The molecule has 0 fully saturated rings. The number of rotatable bonds is 3. The highest BCUT2D eigenvalue weighted by atomic mass is 79.9. The van der Waals surface area contributed by atoms with Crippen LogP contribution in [0.2, 0.25) is 5.02 Å². The predicted molar refractivity (Wildman–Crippen MR) is 100 cm³/mol. The van der Waals surface area contributed by atoms with Crippen LogP contribution in [0, 0.1) is 0 Å². The molecule has 0 spiro atoms. The van der Waals surface area contributed by atoms with Gasteiger partial charge in [-0.25, -0.2) is 0 Å². The zero-order chi connectivity index (χ0) is 15.7. The van der Waals surface area contributed by atoms with Gasteiger partial charge in [0.2, 0.25) is 0 Å². The van der Waals surface area contributed by atoms with E-state index in [9.17, 15) is 0 Å². The molecule has 1 heterocycles. The van der Waals surface area contributed by atoms with Gasteiger partial charge in [0.1, 0.15) is 0 Å². The van der Waals surface area contributed by atoms with E-state index in [4.69, 9.17) is 11.6 Å². The van der Waals surface area contributed by atoms with E-state index in [1.807, 2.05) is 17.8 Å². The van der Waals surface area contributed by atoms with Crippen LogP contribution in [0.1, 0.15) is 17.5 Å². The van der Waals surface area contributed by atoms with Gasteiger partial charge in [-0.1, -0.05) is 57.5 Å². The summed E-state index contributed by atoms with van der Waals surface area (Å²) in [6.07, 6.45) is 0.979. The second kappa shape index (κ2) is 6.79. The van der Waals surface area contributed by atoms with Gasteiger partial charge in [0.25, 0.3) is 0 Å². The molecule has 4 heteroatoms. The number of nitrogens with zero attached hydrogens (tertiary/aromatic N) is 1. The minimum absolute atomic E-state index is 0.782. The van der Waals surface area contributed by atoms with Crippen molar-refractivity contribution >= 4 is 44.9 Å². The van der Waals surface area contributed by atoms with E-state index >= 15 is 0 Å². The van der Waals surface area contributed by atoms with Gasteiger partial charge in [0.05, 0.1) is 0 Å². The molecule has 0 bridgehead atoms. The van der Waals surface area contributed by atoms with E-state index < -0.39 is 0 Å². The van der Waals surface area contributed by atoms with Crippen LogP contribution in [0.3, 0.4) is 0 Å². The highest BCUT2D eigenvalue weighted by Crippen LogP contribution is 2.48. The van der Waals surface area contributed by atoms with E-state index in [2.05, 4.69) is 71.3 Å². The first-order valence-corrected chi connectivity index (χ1v) is 9.15. The standard InChI is InChI=1S/C18H17BrClNS/c1-21(2)10-9-15(19)18-13-5-3-4-6-16(13)22-17-8-7-12(20)11-14(17)18/h3-8,11H,9-10H2,1-2H3/b18-15-. The minimum Gasteiger partial charge on any atom is -0.309 e. The molecule has 0 unspecified atom stereocenters. The number of hydrogen-bond acceptors (Lipinski definition) is 2. The van der Waals surface area contributed by atoms with Gasteiger partial charge >= 0.3 is 0 Å². The van der Waals surface area contributed by atoms with Crippen LogP contribution in [-0.2, 0) is 0 Å². The maximum atomic E-state index is 6.25. The Morgan fingerprint density at radius 1 is 1.09 bits per heavy atom. The Bertz CT molecular complexity index is 740. The summed E-state index contributed by atoms with van der Waals surface area (Å²) >= 11 is 11.9. The first-order valence-electron chi connectivity index (χ1n) is 7.17. The lowest BCUT2D eigenvalue weighted by molar-refractivity contribution is 0.416. The van der Waals surface area contributed by atoms with Crippen LogP contribution in [0.25, 0.3) is 5.57 Å². The molecule has 2 aromatic rings. The molecule has 114 valence electrons. The van der Waals surface area contributed by atoms with E-state index in [0.717, 1.165) is 18.0 Å². The summed E-state index contributed by atoms with van der Waals surface area (Å²) < 4.78 is 1.23. The highest BCUT2D eigenvalue weighted by molar-refractivity contribution is 9.11. The first kappa shape index (κ1) is 16.1. The fourth-order valence-corrected chi connectivity index (χ4v) is 4.40. The quantitative estimate of drug-likeness (QED) is 0.543. The molecule has 2 aromatic carbocycles. The molecule has 0 saturated carbocycles. The first-order chi connectivity index (χ1) is 10.6. The summed E-state index contributed by atoms with van der Waals surface area (Å²) in [6.45, 7) is 1.01. The van der Waals surface area contributed by atoms with Crippen molar-refractivity contribution in [2.24, 2.45) is 0 Å². The fourth-order valence-electron chi connectivity index (χ4n) is 2.55. The molecule has 0 radical (unpaired) electrons. The number of halogens is 2. The second-order valence-corrected chi connectivity index (χ2v) is 8.05. The van der Waals surface area contributed by atoms with Crippen LogP contribution >= 0.6 is 39.3 Å². The molecule has 1 aliphatic heterocycles. The topological polar surface area (TPSA) is 3.24 Å². The Balaban J connectivity index is 2.15. The van der Waals surface area contributed by atoms with Crippen molar-refractivity contribution in [2.45, 2.75) is 16.2 Å². The maximum Gasteiger partial charge on any atom is 0.0412 e. The third-order valence-corrected chi connectivity index (χ3v) is 5.82. The molecule has 0 N–H and O–H groups in total. The summed E-state index contributed by atoms with van der Waals surface area (Å²) in [5, 5.41) is 0.782. The largest absolute Gasteiger partial charge is 0.309 e. The van der Waals surface area contributed by atoms with E-state index in [1.54, 1.807) is 0 Å². The van der Waals surface area contributed by atoms with Crippen molar-refractivity contribution in [1.82, 2.24) is 4.90 Å². The lowest BCUT2D eigenvalue weighted by Gasteiger charge is -2.24. The Morgan fingerprint density at radius 3 is 2.59 bits per heavy atom. The molecule has 1 aliphatic rings. The third-order valence-electron chi connectivity index (χ3n) is 3.64. The smallest absolute Gasteiger partial charge is 0.0412 e. The average Bonchev–Trinajstić information content (AvgIpc) is 2.50. The predicted octanol–water partition coefficient (Wildman–Crippen LogP) is 5.91. The van der Waals surface area contributed by atoms with E-state index in [1.165, 1.54) is 31.0 Å². The van der Waals surface area contributed by atoms with Crippen molar-refractivity contribution in [3.8, 4) is 0 Å². The fraction of sp³-hybridized carbons (Fsp3) is 0.222. The summed E-state index contributed by atoms with van der Waals surface area (Å²) in [6, 6.07) is 14.7. The summed E-state index contributed by atoms with van der Waals surface area (Å²) in [4.78, 5) is 4.76. The molecule has 3 rings (SSSR count). The van der Waals surface area contributed by atoms with Gasteiger partial charge < -0.3 is 4.90 Å². The van der Waals surface area contributed by atoms with Crippen molar-refractivity contribution in [3.63, 3.8) is 0 Å². The molecule has 22 heavy (non-hydrogen) atoms. The van der Waals surface area contributed by atoms with Crippen molar-refractivity contribution in [2.75, 3.05) is 20.6 Å². The van der Waals surface area contributed by atoms with Gasteiger partial charge in [-0.3, -0.25) is 0 Å². The van der Waals surface area contributed by atoms with Gasteiger partial charge in [0, 0.05) is 31.4 Å². The molecule has 0 aromatic heterocycles. The molecule has 1 nitrogen and oxygen atoms in total. The summed E-state index contributed by atoms with van der Waals surface area (Å²) in [7, 11) is 4.20. The molecular formula is C18H17BrClNS. The molecule has 0 aliphatic carbocycles. The zero-order valence-electron chi connectivity index (χ0n) is 12.6. The Morgan fingerprint density at radius 2 is 1.82 bits per heavy atom. The Labute approximate surface area is 149 Å². The van der Waals surface area contributed by atoms with Gasteiger partial charge in [-0.15, -0.1) is 0 Å². The Kier molecular flexibility index (Phi) is 4.98. The van der Waals surface area contributed by atoms with Crippen LogP contribution in [0.15, 0.2) is 56.7 Å². The molecule has 0 saturated heterocycles. The normalized spacial score (nSPS) is 15.5. The van der Waals surface area contributed by atoms with E-state index in [0.29, 0.717) is 0 Å². The van der Waals surface area contributed by atoms with Gasteiger partial charge in [-0.05, 0) is 55.9 Å². The van der Waals surface area contributed by atoms with Crippen LogP contribution in [0.5, 0.6) is 0 Å². The minimum atomic E-state index is 0.782. The van der Waals surface area contributed by atoms with Crippen LogP contribution in [-0.4, -0.2) is 25.5 Å². The zero-order valence-corrected chi connectivity index (χ0v) is 15.7. The lowest BCUT2D eigenvalue weighted by Crippen LogP contribution is -2.13. The van der Waals surface area contributed by atoms with Crippen molar-refractivity contribution in [3.05, 3.63) is 63.1 Å². The summed E-state index contributed by atoms with van der Waals surface area (Å²) in [5.41, 5.74) is 3.78. The lowest BCUT2D eigenvalue weighted by atomic mass is 9.96. The van der Waals surface area contributed by atoms with Crippen molar-refractivity contribution < 1.29 is 0 Å². The van der Waals surface area contributed by atoms with Crippen LogP contribution in [0.4, 0.5) is 0 Å². The molecular weight excluding hydrogens is 378 g/mol. The van der Waals surface area contributed by atoms with E-state index in [-0.39, 0.29) is 0 Å². The SMILES string of the molecule is CN(C)CC/C(Br)=C1\c2ccccc2Sc2ccc(Cl)cc21. The average molecular weight is 395 g/mol. The monoisotopic (exact) mass is 393 g/mol. The van der Waals surface area contributed by atoms with Gasteiger partial charge in [0.15, 0.2) is 0 Å². The van der Waals surface area contributed by atoms with Gasteiger partial charge in [-0.2, -0.15) is 0 Å². The number of hydrogen-bond donors (Lipinski definition) is 0. The second-order valence-electron chi connectivity index (χ2n) is 5.57. The third kappa shape index (κ3) is 3.28. The summed E-state index contributed by atoms with van der Waals surface area (Å²) in [5.74, 6) is 0. The maximum absolute atomic E-state index is 6.25. The van der Waals surface area contributed by atoms with Crippen LogP contribution < -0.4 is 0 Å². The Hall–Kier alpha value is -0.740. The number of fused-ring (bicyclic) bond motifs is 2. The van der Waals surface area contributed by atoms with Crippen molar-refractivity contribution in [1.29, 1.82) is 0 Å².